The fourth-order valence-corrected chi connectivity index (χ4v) is 1.60. The monoisotopic (exact) mass is 171 g/mol. The highest BCUT2D eigenvalue weighted by molar-refractivity contribution is 5.85. The van der Waals surface area contributed by atoms with Crippen LogP contribution in [0.25, 0.3) is 0 Å². The van der Waals surface area contributed by atoms with Crippen LogP contribution in [0.5, 0.6) is 0 Å². The molecule has 0 unspecified atom stereocenters. The maximum atomic E-state index is 11.6. The normalized spacial score (nSPS) is 25.2. The summed E-state index contributed by atoms with van der Waals surface area (Å²) in [5.74, 6) is 5.67. The first-order valence-electron chi connectivity index (χ1n) is 4.43. The number of Topliss-reactive ketones (excluding diaryl/α,β-unsaturated/α-hetero) is 1. The molecule has 0 bridgehead atoms. The van der Waals surface area contributed by atoms with E-state index in [2.05, 4.69) is 5.53 Å². The van der Waals surface area contributed by atoms with Crippen molar-refractivity contribution in [2.24, 2.45) is 11.8 Å². The first-order valence-corrected chi connectivity index (χ1v) is 4.43. The van der Waals surface area contributed by atoms with E-state index in [-0.39, 0.29) is 17.7 Å². The summed E-state index contributed by atoms with van der Waals surface area (Å²) in [5.41, 5.74) is 2.56. The van der Waals surface area contributed by atoms with E-state index in [1.165, 1.54) is 0 Å². The zero-order chi connectivity index (χ0) is 9.14. The van der Waals surface area contributed by atoms with Crippen molar-refractivity contribution in [1.29, 1.82) is 0 Å². The van der Waals surface area contributed by atoms with Gasteiger partial charge in [-0.15, -0.1) is 0 Å². The molecule has 4 heteroatoms. The largest absolute Gasteiger partial charge is 0.298 e. The van der Waals surface area contributed by atoms with Gasteiger partial charge in [-0.2, -0.15) is 5.53 Å². The van der Waals surface area contributed by atoms with Crippen molar-refractivity contribution >= 4 is 5.78 Å². The summed E-state index contributed by atoms with van der Waals surface area (Å²) < 4.78 is 0. The Morgan fingerprint density at radius 2 is 2.33 bits per heavy atom. The standard InChI is InChI=1S/C8H17N3O/c1-6(2)8(12)7-4-3-5-11(7)10-9/h6-7,10H,3-5,9H2,1-2H3/t7-/m1/s1. The van der Waals surface area contributed by atoms with E-state index in [4.69, 9.17) is 5.84 Å². The molecule has 0 aromatic heterocycles. The Labute approximate surface area is 73.0 Å². The summed E-state index contributed by atoms with van der Waals surface area (Å²) in [4.78, 5) is 11.6. The minimum absolute atomic E-state index is 0.00463. The van der Waals surface area contributed by atoms with E-state index >= 15 is 0 Å². The zero-order valence-electron chi connectivity index (χ0n) is 7.71. The molecule has 70 valence electrons. The van der Waals surface area contributed by atoms with Gasteiger partial charge in [0.05, 0.1) is 6.04 Å². The van der Waals surface area contributed by atoms with Crippen LogP contribution in [0.2, 0.25) is 0 Å². The second kappa shape index (κ2) is 3.98. The van der Waals surface area contributed by atoms with Gasteiger partial charge in [-0.3, -0.25) is 10.6 Å². The number of nitrogens with zero attached hydrogens (tertiary/aromatic N) is 1. The molecule has 1 aliphatic heterocycles. The van der Waals surface area contributed by atoms with Crippen LogP contribution in [0.3, 0.4) is 0 Å². The van der Waals surface area contributed by atoms with Crippen molar-refractivity contribution in [2.75, 3.05) is 6.54 Å². The molecule has 0 amide bonds. The summed E-state index contributed by atoms with van der Waals surface area (Å²) >= 11 is 0. The molecule has 1 aliphatic rings. The highest BCUT2D eigenvalue weighted by atomic mass is 16.1. The SMILES string of the molecule is CC(C)C(=O)[C@H]1CCCN1NN. The first-order chi connectivity index (χ1) is 5.66. The third-order valence-electron chi connectivity index (χ3n) is 2.32. The molecule has 1 rings (SSSR count). The second-order valence-corrected chi connectivity index (χ2v) is 3.54. The lowest BCUT2D eigenvalue weighted by Crippen LogP contribution is -2.49. The second-order valence-electron chi connectivity index (χ2n) is 3.54. The van der Waals surface area contributed by atoms with Gasteiger partial charge >= 0.3 is 0 Å². The predicted molar refractivity (Wildman–Crippen MR) is 46.9 cm³/mol. The Bertz CT molecular complexity index is 170. The van der Waals surface area contributed by atoms with Crippen LogP contribution >= 0.6 is 0 Å². The van der Waals surface area contributed by atoms with Gasteiger partial charge in [0, 0.05) is 12.5 Å². The van der Waals surface area contributed by atoms with Crippen molar-refractivity contribution in [1.82, 2.24) is 10.5 Å². The molecule has 1 fully saturated rings. The number of hydrogen-bond acceptors (Lipinski definition) is 4. The van der Waals surface area contributed by atoms with Crippen LogP contribution < -0.4 is 11.4 Å². The van der Waals surface area contributed by atoms with Crippen LogP contribution in [0.15, 0.2) is 0 Å². The van der Waals surface area contributed by atoms with Gasteiger partial charge in [0.2, 0.25) is 0 Å². The predicted octanol–water partition coefficient (Wildman–Crippen LogP) is 0.0542. The summed E-state index contributed by atoms with van der Waals surface area (Å²) in [6.07, 6.45) is 1.98. The number of nitrogens with two attached hydrogens (primary N) is 1. The lowest BCUT2D eigenvalue weighted by Gasteiger charge is -2.22. The van der Waals surface area contributed by atoms with Crippen molar-refractivity contribution < 1.29 is 4.79 Å². The Morgan fingerprint density at radius 1 is 1.67 bits per heavy atom. The van der Waals surface area contributed by atoms with E-state index in [1.807, 2.05) is 18.9 Å². The highest BCUT2D eigenvalue weighted by Crippen LogP contribution is 2.17. The molecule has 0 spiro atoms. The molecule has 0 aliphatic carbocycles. The van der Waals surface area contributed by atoms with E-state index in [0.717, 1.165) is 19.4 Å². The van der Waals surface area contributed by atoms with Crippen molar-refractivity contribution in [3.05, 3.63) is 0 Å². The summed E-state index contributed by atoms with van der Waals surface area (Å²) in [6.45, 7) is 4.73. The quantitative estimate of drug-likeness (QED) is 0.465. The number of hydrazine groups is 2. The number of nitrogens with one attached hydrogen (secondary N) is 1. The van der Waals surface area contributed by atoms with E-state index in [9.17, 15) is 4.79 Å². The Hall–Kier alpha value is -0.450. The first kappa shape index (κ1) is 9.64. The Morgan fingerprint density at radius 3 is 2.83 bits per heavy atom. The number of carbonyl (C=O) groups is 1. The van der Waals surface area contributed by atoms with Gasteiger partial charge in [0.25, 0.3) is 0 Å². The van der Waals surface area contributed by atoms with Crippen LogP contribution in [0.1, 0.15) is 26.7 Å². The van der Waals surface area contributed by atoms with Crippen molar-refractivity contribution in [2.45, 2.75) is 32.7 Å². The number of hydrogen-bond donors (Lipinski definition) is 2. The number of rotatable bonds is 3. The topological polar surface area (TPSA) is 58.4 Å². The highest BCUT2D eigenvalue weighted by Gasteiger charge is 2.31. The van der Waals surface area contributed by atoms with Crippen molar-refractivity contribution in [3.8, 4) is 0 Å². The smallest absolute Gasteiger partial charge is 0.153 e. The fraction of sp³-hybridized carbons (Fsp3) is 0.875. The van der Waals surface area contributed by atoms with Crippen LogP contribution in [-0.4, -0.2) is 23.4 Å². The average molecular weight is 171 g/mol. The van der Waals surface area contributed by atoms with Gasteiger partial charge in [-0.1, -0.05) is 13.8 Å². The van der Waals surface area contributed by atoms with E-state index < -0.39 is 0 Å². The maximum Gasteiger partial charge on any atom is 0.153 e. The summed E-state index contributed by atoms with van der Waals surface area (Å²) in [5, 5.41) is 1.82. The van der Waals surface area contributed by atoms with E-state index in [0.29, 0.717) is 0 Å². The molecule has 0 aromatic carbocycles. The molecule has 1 saturated heterocycles. The van der Waals surface area contributed by atoms with Crippen LogP contribution in [-0.2, 0) is 4.79 Å². The Kier molecular flexibility index (Phi) is 3.20. The van der Waals surface area contributed by atoms with Crippen molar-refractivity contribution in [3.63, 3.8) is 0 Å². The van der Waals surface area contributed by atoms with Gasteiger partial charge in [-0.05, 0) is 12.8 Å². The molecular weight excluding hydrogens is 154 g/mol. The minimum Gasteiger partial charge on any atom is -0.298 e. The fourth-order valence-electron chi connectivity index (χ4n) is 1.60. The Balaban J connectivity index is 2.55. The van der Waals surface area contributed by atoms with Gasteiger partial charge in [0.15, 0.2) is 5.78 Å². The van der Waals surface area contributed by atoms with Gasteiger partial charge < -0.3 is 0 Å². The molecule has 3 N–H and O–H groups in total. The lowest BCUT2D eigenvalue weighted by molar-refractivity contribution is -0.127. The molecule has 0 radical (unpaired) electrons. The van der Waals surface area contributed by atoms with Crippen LogP contribution in [0, 0.1) is 5.92 Å². The van der Waals surface area contributed by atoms with Gasteiger partial charge in [-0.25, -0.2) is 5.01 Å². The van der Waals surface area contributed by atoms with E-state index in [1.54, 1.807) is 0 Å². The molecule has 4 nitrogen and oxygen atoms in total. The molecule has 0 saturated carbocycles. The molecular formula is C8H17N3O. The minimum atomic E-state index is -0.00463. The third kappa shape index (κ3) is 1.83. The molecule has 12 heavy (non-hydrogen) atoms. The van der Waals surface area contributed by atoms with Gasteiger partial charge in [0.1, 0.15) is 0 Å². The van der Waals surface area contributed by atoms with Crippen LogP contribution in [0.4, 0.5) is 0 Å². The third-order valence-corrected chi connectivity index (χ3v) is 2.32. The molecule has 1 atom stereocenters. The zero-order valence-corrected chi connectivity index (χ0v) is 7.71. The summed E-state index contributed by atoms with van der Waals surface area (Å²) in [7, 11) is 0. The maximum absolute atomic E-state index is 11.6. The average Bonchev–Trinajstić information content (AvgIpc) is 2.49. The number of carbonyl (C=O) groups excluding carboxylic acids is 1. The molecule has 1 heterocycles. The summed E-state index contributed by atoms with van der Waals surface area (Å²) in [6, 6.07) is -0.00463. The molecule has 0 aromatic rings. The number of ketones is 1. The lowest BCUT2D eigenvalue weighted by atomic mass is 10.0.